The van der Waals surface area contributed by atoms with Crippen molar-refractivity contribution in [2.45, 2.75) is 6.92 Å². The van der Waals surface area contributed by atoms with Crippen LogP contribution in [0.3, 0.4) is 0 Å². The van der Waals surface area contributed by atoms with E-state index in [4.69, 9.17) is 23.2 Å². The molecule has 0 atom stereocenters. The summed E-state index contributed by atoms with van der Waals surface area (Å²) < 4.78 is 0. The molecule has 1 aromatic carbocycles. The van der Waals surface area contributed by atoms with Crippen LogP contribution in [0.5, 0.6) is 0 Å². The number of hydrazone groups is 1. The highest BCUT2D eigenvalue weighted by molar-refractivity contribution is 7.12. The van der Waals surface area contributed by atoms with E-state index in [1.165, 1.54) is 0 Å². The molecule has 122 valence electrons. The van der Waals surface area contributed by atoms with Crippen molar-refractivity contribution in [1.29, 1.82) is 0 Å². The van der Waals surface area contributed by atoms with E-state index in [0.717, 1.165) is 16.2 Å². The summed E-state index contributed by atoms with van der Waals surface area (Å²) >= 11 is 13.5. The van der Waals surface area contributed by atoms with Crippen LogP contribution in [0.15, 0.2) is 46.9 Å². The van der Waals surface area contributed by atoms with Gasteiger partial charge in [0, 0.05) is 10.4 Å². The van der Waals surface area contributed by atoms with Gasteiger partial charge in [-0.3, -0.25) is 9.89 Å². The third-order valence-electron chi connectivity index (χ3n) is 3.24. The summed E-state index contributed by atoms with van der Waals surface area (Å²) in [6.07, 6.45) is 0. The van der Waals surface area contributed by atoms with Crippen molar-refractivity contribution >= 4 is 46.2 Å². The Balaban J connectivity index is 1.74. The fourth-order valence-electron chi connectivity index (χ4n) is 1.98. The van der Waals surface area contributed by atoms with E-state index in [-0.39, 0.29) is 5.91 Å². The first-order chi connectivity index (χ1) is 11.5. The maximum atomic E-state index is 12.2. The third-order valence-corrected chi connectivity index (χ3v) is 4.96. The number of H-pyrrole nitrogens is 1. The van der Waals surface area contributed by atoms with Crippen molar-refractivity contribution in [3.05, 3.63) is 62.4 Å². The van der Waals surface area contributed by atoms with E-state index in [9.17, 15) is 4.79 Å². The Kier molecular flexibility index (Phi) is 4.99. The second-order valence-corrected chi connectivity index (χ2v) is 6.67. The Hall–Kier alpha value is -2.15. The van der Waals surface area contributed by atoms with Crippen molar-refractivity contribution < 1.29 is 4.79 Å². The molecule has 2 heterocycles. The fraction of sp³-hybridized carbons (Fsp3) is 0.0625. The molecule has 0 saturated heterocycles. The van der Waals surface area contributed by atoms with Crippen molar-refractivity contribution in [3.63, 3.8) is 0 Å². The van der Waals surface area contributed by atoms with Crippen LogP contribution in [0.1, 0.15) is 22.3 Å². The SMILES string of the molecule is C/C(=N/NC(=O)c1cc(-c2ccc(Cl)c(Cl)c2)n[nH]1)c1cccs1. The average molecular weight is 379 g/mol. The Morgan fingerprint density at radius 2 is 2.08 bits per heavy atom. The summed E-state index contributed by atoms with van der Waals surface area (Å²) in [6, 6.07) is 10.7. The number of halogens is 2. The molecule has 8 heteroatoms. The molecule has 0 unspecified atom stereocenters. The lowest BCUT2D eigenvalue weighted by Gasteiger charge is -1.99. The lowest BCUT2D eigenvalue weighted by molar-refractivity contribution is 0.0950. The van der Waals surface area contributed by atoms with E-state index in [2.05, 4.69) is 20.7 Å². The van der Waals surface area contributed by atoms with Gasteiger partial charge in [-0.15, -0.1) is 11.3 Å². The summed E-state index contributed by atoms with van der Waals surface area (Å²) in [4.78, 5) is 13.1. The Labute approximate surface area is 152 Å². The third kappa shape index (κ3) is 3.67. The maximum Gasteiger partial charge on any atom is 0.289 e. The van der Waals surface area contributed by atoms with Crippen LogP contribution >= 0.6 is 34.5 Å². The number of rotatable bonds is 4. The van der Waals surface area contributed by atoms with Crippen molar-refractivity contribution in [2.24, 2.45) is 5.10 Å². The molecule has 0 aliphatic heterocycles. The number of aromatic amines is 1. The first-order valence-corrected chi connectivity index (χ1v) is 8.57. The number of hydrogen-bond acceptors (Lipinski definition) is 4. The zero-order chi connectivity index (χ0) is 17.1. The molecule has 2 N–H and O–H groups in total. The van der Waals surface area contributed by atoms with E-state index in [1.807, 2.05) is 24.4 Å². The predicted octanol–water partition coefficient (Wildman–Crippen LogP) is 4.60. The Morgan fingerprint density at radius 3 is 2.79 bits per heavy atom. The maximum absolute atomic E-state index is 12.2. The smallest absolute Gasteiger partial charge is 0.272 e. The number of nitrogens with zero attached hydrogens (tertiary/aromatic N) is 2. The standard InChI is InChI=1S/C16H12Cl2N4OS/c1-9(15-3-2-6-24-15)19-22-16(23)14-8-13(20-21-14)10-4-5-11(17)12(18)7-10/h2-8H,1H3,(H,20,21)(H,22,23)/b19-9-. The van der Waals surface area contributed by atoms with Gasteiger partial charge in [-0.1, -0.05) is 35.3 Å². The minimum absolute atomic E-state index is 0.304. The number of carbonyl (C=O) groups excluding carboxylic acids is 1. The van der Waals surface area contributed by atoms with Crippen LogP contribution in [0, 0.1) is 0 Å². The lowest BCUT2D eigenvalue weighted by atomic mass is 10.1. The number of hydrogen-bond donors (Lipinski definition) is 2. The largest absolute Gasteiger partial charge is 0.289 e. The quantitative estimate of drug-likeness (QED) is 0.514. The minimum Gasteiger partial charge on any atom is -0.272 e. The number of thiophene rings is 1. The van der Waals surface area contributed by atoms with Gasteiger partial charge in [0.25, 0.3) is 5.91 Å². The normalized spacial score (nSPS) is 11.5. The number of aromatic nitrogens is 2. The second kappa shape index (κ2) is 7.17. The molecular formula is C16H12Cl2N4OS. The average Bonchev–Trinajstić information content (AvgIpc) is 3.26. The first kappa shape index (κ1) is 16.7. The number of amides is 1. The fourth-order valence-corrected chi connectivity index (χ4v) is 2.95. The zero-order valence-corrected chi connectivity index (χ0v) is 14.8. The molecule has 24 heavy (non-hydrogen) atoms. The highest BCUT2D eigenvalue weighted by atomic mass is 35.5. The summed E-state index contributed by atoms with van der Waals surface area (Å²) in [5.74, 6) is -0.371. The number of benzene rings is 1. The summed E-state index contributed by atoms with van der Waals surface area (Å²) in [5.41, 5.74) is 4.91. The summed E-state index contributed by atoms with van der Waals surface area (Å²) in [7, 11) is 0. The Bertz CT molecular complexity index is 903. The lowest BCUT2D eigenvalue weighted by Crippen LogP contribution is -2.19. The van der Waals surface area contributed by atoms with Gasteiger partial charge in [0.05, 0.1) is 21.5 Å². The van der Waals surface area contributed by atoms with Crippen molar-refractivity contribution in [1.82, 2.24) is 15.6 Å². The monoisotopic (exact) mass is 378 g/mol. The molecule has 2 aromatic heterocycles. The zero-order valence-electron chi connectivity index (χ0n) is 12.5. The molecule has 0 radical (unpaired) electrons. The van der Waals surface area contributed by atoms with Gasteiger partial charge < -0.3 is 0 Å². The molecule has 1 amide bonds. The van der Waals surface area contributed by atoms with Crippen LogP contribution in [-0.4, -0.2) is 21.8 Å². The van der Waals surface area contributed by atoms with Crippen LogP contribution in [0.4, 0.5) is 0 Å². The van der Waals surface area contributed by atoms with Gasteiger partial charge in [0.1, 0.15) is 5.69 Å². The second-order valence-electron chi connectivity index (χ2n) is 4.91. The first-order valence-electron chi connectivity index (χ1n) is 6.94. The van der Waals surface area contributed by atoms with Gasteiger partial charge in [-0.25, -0.2) is 5.43 Å². The van der Waals surface area contributed by atoms with E-state index >= 15 is 0 Å². The Morgan fingerprint density at radius 1 is 1.25 bits per heavy atom. The molecule has 3 aromatic rings. The van der Waals surface area contributed by atoms with E-state index in [0.29, 0.717) is 21.4 Å². The molecule has 3 rings (SSSR count). The van der Waals surface area contributed by atoms with Crippen LogP contribution in [-0.2, 0) is 0 Å². The van der Waals surface area contributed by atoms with Gasteiger partial charge in [-0.2, -0.15) is 10.2 Å². The highest BCUT2D eigenvalue weighted by Gasteiger charge is 2.12. The number of carbonyl (C=O) groups is 1. The molecular weight excluding hydrogens is 367 g/mol. The molecule has 0 fully saturated rings. The predicted molar refractivity (Wildman–Crippen MR) is 98.0 cm³/mol. The molecule has 5 nitrogen and oxygen atoms in total. The topological polar surface area (TPSA) is 70.1 Å². The van der Waals surface area contributed by atoms with Crippen molar-refractivity contribution in [3.8, 4) is 11.3 Å². The van der Waals surface area contributed by atoms with E-state index in [1.54, 1.807) is 35.6 Å². The van der Waals surface area contributed by atoms with Crippen LogP contribution < -0.4 is 5.43 Å². The summed E-state index contributed by atoms with van der Waals surface area (Å²) in [5, 5.41) is 13.8. The minimum atomic E-state index is -0.371. The molecule has 0 spiro atoms. The molecule has 0 aliphatic carbocycles. The van der Waals surface area contributed by atoms with Gasteiger partial charge >= 0.3 is 0 Å². The molecule has 0 bridgehead atoms. The van der Waals surface area contributed by atoms with Gasteiger partial charge in [0.2, 0.25) is 0 Å². The highest BCUT2D eigenvalue weighted by Crippen LogP contribution is 2.27. The van der Waals surface area contributed by atoms with Crippen LogP contribution in [0.25, 0.3) is 11.3 Å². The van der Waals surface area contributed by atoms with E-state index < -0.39 is 0 Å². The summed E-state index contributed by atoms with van der Waals surface area (Å²) in [6.45, 7) is 1.83. The molecule has 0 aliphatic rings. The van der Waals surface area contributed by atoms with Gasteiger partial charge in [-0.05, 0) is 36.6 Å². The van der Waals surface area contributed by atoms with Crippen LogP contribution in [0.2, 0.25) is 10.0 Å². The number of nitrogens with one attached hydrogen (secondary N) is 2. The van der Waals surface area contributed by atoms with Gasteiger partial charge in [0.15, 0.2) is 0 Å². The van der Waals surface area contributed by atoms with Crippen molar-refractivity contribution in [2.75, 3.05) is 0 Å². The molecule has 0 saturated carbocycles.